The van der Waals surface area contributed by atoms with Crippen molar-refractivity contribution in [2.45, 2.75) is 25.9 Å². The fourth-order valence-corrected chi connectivity index (χ4v) is 1.56. The number of hydrogen-bond donors (Lipinski definition) is 3. The monoisotopic (exact) mass is 272 g/mol. The van der Waals surface area contributed by atoms with Crippen LogP contribution in [-0.2, 0) is 0 Å². The van der Waals surface area contributed by atoms with Gasteiger partial charge in [-0.05, 0) is 18.6 Å². The molecule has 0 radical (unpaired) electrons. The zero-order valence-corrected chi connectivity index (χ0v) is 10.7. The zero-order chi connectivity index (χ0) is 14.3. The number of benzene rings is 1. The smallest absolute Gasteiger partial charge is 0.314 e. The number of halogens is 2. The van der Waals surface area contributed by atoms with Gasteiger partial charge in [0.25, 0.3) is 0 Å². The van der Waals surface area contributed by atoms with E-state index in [9.17, 15) is 18.7 Å². The SMILES string of the molecule is CCCCNC(=O)NCC(O)c1c(F)cccc1F. The molecule has 0 heterocycles. The number of aliphatic hydroxyl groups excluding tert-OH is 1. The van der Waals surface area contributed by atoms with Gasteiger partial charge in [-0.2, -0.15) is 0 Å². The van der Waals surface area contributed by atoms with Crippen LogP contribution in [0.2, 0.25) is 0 Å². The Morgan fingerprint density at radius 3 is 2.53 bits per heavy atom. The minimum absolute atomic E-state index is 0.254. The molecule has 1 unspecified atom stereocenters. The van der Waals surface area contributed by atoms with Crippen LogP contribution in [0.3, 0.4) is 0 Å². The van der Waals surface area contributed by atoms with E-state index in [0.29, 0.717) is 6.54 Å². The Hall–Kier alpha value is -1.69. The molecule has 1 aromatic rings. The van der Waals surface area contributed by atoms with Gasteiger partial charge in [0.15, 0.2) is 0 Å². The maximum atomic E-state index is 13.3. The van der Waals surface area contributed by atoms with Crippen LogP contribution in [0.1, 0.15) is 31.4 Å². The molecule has 106 valence electrons. The summed E-state index contributed by atoms with van der Waals surface area (Å²) in [7, 11) is 0. The average Bonchev–Trinajstić information content (AvgIpc) is 2.36. The highest BCUT2D eigenvalue weighted by Gasteiger charge is 2.18. The van der Waals surface area contributed by atoms with Crippen molar-refractivity contribution in [1.29, 1.82) is 0 Å². The number of rotatable bonds is 6. The molecule has 2 amide bonds. The first kappa shape index (κ1) is 15.4. The summed E-state index contributed by atoms with van der Waals surface area (Å²) in [6.07, 6.45) is 0.375. The van der Waals surface area contributed by atoms with Crippen molar-refractivity contribution in [3.63, 3.8) is 0 Å². The number of nitrogens with one attached hydrogen (secondary N) is 2. The molecule has 0 saturated heterocycles. The standard InChI is InChI=1S/C13H18F2N2O2/c1-2-3-7-16-13(19)17-8-11(18)12-9(14)5-4-6-10(12)15/h4-6,11,18H,2-3,7-8H2,1H3,(H2,16,17,19). The summed E-state index contributed by atoms with van der Waals surface area (Å²) in [5, 5.41) is 14.6. The summed E-state index contributed by atoms with van der Waals surface area (Å²) >= 11 is 0. The van der Waals surface area contributed by atoms with E-state index in [0.717, 1.165) is 25.0 Å². The molecule has 0 saturated carbocycles. The molecule has 0 fully saturated rings. The zero-order valence-electron chi connectivity index (χ0n) is 10.7. The second-order valence-electron chi connectivity index (χ2n) is 4.14. The van der Waals surface area contributed by atoms with Gasteiger partial charge in [-0.25, -0.2) is 13.6 Å². The van der Waals surface area contributed by atoms with Gasteiger partial charge in [0.05, 0.1) is 5.56 Å². The summed E-state index contributed by atoms with van der Waals surface area (Å²) in [5.74, 6) is -1.67. The van der Waals surface area contributed by atoms with Crippen LogP contribution in [0.15, 0.2) is 18.2 Å². The van der Waals surface area contributed by atoms with Gasteiger partial charge in [-0.1, -0.05) is 19.4 Å². The summed E-state index contributed by atoms with van der Waals surface area (Å²) in [6.45, 7) is 2.26. The molecule has 1 aromatic carbocycles. The van der Waals surface area contributed by atoms with Crippen LogP contribution in [0.25, 0.3) is 0 Å². The van der Waals surface area contributed by atoms with E-state index >= 15 is 0 Å². The first-order chi connectivity index (χ1) is 9.06. The van der Waals surface area contributed by atoms with Gasteiger partial charge < -0.3 is 15.7 Å². The summed E-state index contributed by atoms with van der Waals surface area (Å²) < 4.78 is 26.7. The van der Waals surface area contributed by atoms with Crippen molar-refractivity contribution in [1.82, 2.24) is 10.6 Å². The maximum Gasteiger partial charge on any atom is 0.314 e. The van der Waals surface area contributed by atoms with Gasteiger partial charge in [-0.3, -0.25) is 0 Å². The third-order valence-corrected chi connectivity index (χ3v) is 2.60. The number of urea groups is 1. The highest BCUT2D eigenvalue weighted by molar-refractivity contribution is 5.73. The second-order valence-corrected chi connectivity index (χ2v) is 4.14. The second kappa shape index (κ2) is 7.68. The van der Waals surface area contributed by atoms with E-state index in [1.54, 1.807) is 0 Å². The van der Waals surface area contributed by atoms with Gasteiger partial charge in [-0.15, -0.1) is 0 Å². The Bertz CT molecular complexity index is 407. The Balaban J connectivity index is 2.47. The average molecular weight is 272 g/mol. The number of hydrogen-bond acceptors (Lipinski definition) is 2. The van der Waals surface area contributed by atoms with E-state index in [2.05, 4.69) is 10.6 Å². The third-order valence-electron chi connectivity index (χ3n) is 2.60. The molecule has 0 aliphatic rings. The lowest BCUT2D eigenvalue weighted by Crippen LogP contribution is -2.38. The van der Waals surface area contributed by atoms with Gasteiger partial charge in [0, 0.05) is 13.1 Å². The number of carbonyl (C=O) groups excluding carboxylic acids is 1. The molecular formula is C13H18F2N2O2. The normalized spacial score (nSPS) is 12.0. The fraction of sp³-hybridized carbons (Fsp3) is 0.462. The van der Waals surface area contributed by atoms with Crippen molar-refractivity contribution in [2.75, 3.05) is 13.1 Å². The van der Waals surface area contributed by atoms with E-state index in [4.69, 9.17) is 0 Å². The van der Waals surface area contributed by atoms with E-state index in [-0.39, 0.29) is 6.54 Å². The van der Waals surface area contributed by atoms with Crippen LogP contribution in [0.4, 0.5) is 13.6 Å². The van der Waals surface area contributed by atoms with Crippen LogP contribution >= 0.6 is 0 Å². The number of amides is 2. The summed E-state index contributed by atoms with van der Waals surface area (Å²) in [4.78, 5) is 11.3. The summed E-state index contributed by atoms with van der Waals surface area (Å²) in [5.41, 5.74) is -0.434. The van der Waals surface area contributed by atoms with Crippen molar-refractivity contribution in [2.24, 2.45) is 0 Å². The molecule has 1 rings (SSSR count). The molecule has 4 nitrogen and oxygen atoms in total. The Morgan fingerprint density at radius 1 is 1.32 bits per heavy atom. The lowest BCUT2D eigenvalue weighted by molar-refractivity contribution is 0.164. The number of aliphatic hydroxyl groups is 1. The number of unbranched alkanes of at least 4 members (excludes halogenated alkanes) is 1. The van der Waals surface area contributed by atoms with Gasteiger partial charge in [0.2, 0.25) is 0 Å². The maximum absolute atomic E-state index is 13.3. The fourth-order valence-electron chi connectivity index (χ4n) is 1.56. The predicted octanol–water partition coefficient (Wildman–Crippen LogP) is 2.10. The van der Waals surface area contributed by atoms with Crippen LogP contribution in [-0.4, -0.2) is 24.2 Å². The first-order valence-corrected chi connectivity index (χ1v) is 6.20. The van der Waals surface area contributed by atoms with Crippen molar-refractivity contribution in [3.05, 3.63) is 35.4 Å². The minimum Gasteiger partial charge on any atom is -0.386 e. The molecular weight excluding hydrogens is 254 g/mol. The molecule has 3 N–H and O–H groups in total. The Labute approximate surface area is 110 Å². The van der Waals surface area contributed by atoms with Crippen LogP contribution in [0.5, 0.6) is 0 Å². The van der Waals surface area contributed by atoms with Gasteiger partial charge >= 0.3 is 6.03 Å². The highest BCUT2D eigenvalue weighted by atomic mass is 19.1. The van der Waals surface area contributed by atoms with Crippen molar-refractivity contribution in [3.8, 4) is 0 Å². The lowest BCUT2D eigenvalue weighted by Gasteiger charge is -2.14. The topological polar surface area (TPSA) is 61.4 Å². The molecule has 1 atom stereocenters. The Kier molecular flexibility index (Phi) is 6.21. The quantitative estimate of drug-likeness (QED) is 0.694. The minimum atomic E-state index is -1.42. The van der Waals surface area contributed by atoms with Gasteiger partial charge in [0.1, 0.15) is 17.7 Å². The van der Waals surface area contributed by atoms with Crippen molar-refractivity contribution >= 4 is 6.03 Å². The number of carbonyl (C=O) groups is 1. The molecule has 0 aliphatic carbocycles. The molecule has 0 aromatic heterocycles. The summed E-state index contributed by atoms with van der Waals surface area (Å²) in [6, 6.07) is 2.86. The van der Waals surface area contributed by atoms with Crippen LogP contribution in [0, 0.1) is 11.6 Å². The van der Waals surface area contributed by atoms with E-state index in [1.165, 1.54) is 6.07 Å². The Morgan fingerprint density at radius 2 is 1.95 bits per heavy atom. The largest absolute Gasteiger partial charge is 0.386 e. The molecule has 0 bridgehead atoms. The molecule has 0 aliphatic heterocycles. The predicted molar refractivity (Wildman–Crippen MR) is 67.6 cm³/mol. The third kappa shape index (κ3) is 4.82. The van der Waals surface area contributed by atoms with Crippen molar-refractivity contribution < 1.29 is 18.7 Å². The van der Waals surface area contributed by atoms with E-state index < -0.39 is 29.3 Å². The first-order valence-electron chi connectivity index (χ1n) is 6.20. The highest BCUT2D eigenvalue weighted by Crippen LogP contribution is 2.19. The lowest BCUT2D eigenvalue weighted by atomic mass is 10.1. The molecule has 19 heavy (non-hydrogen) atoms. The van der Waals surface area contributed by atoms with E-state index in [1.807, 2.05) is 6.92 Å². The molecule has 0 spiro atoms. The van der Waals surface area contributed by atoms with Crippen LogP contribution < -0.4 is 10.6 Å². The molecule has 6 heteroatoms.